The lowest BCUT2D eigenvalue weighted by Crippen LogP contribution is -2.51. The highest BCUT2D eigenvalue weighted by Crippen LogP contribution is 2.38. The Hall–Kier alpha value is -1.14. The van der Waals surface area contributed by atoms with Crippen LogP contribution in [-0.2, 0) is 14.0 Å². The minimum atomic E-state index is -2.08. The van der Waals surface area contributed by atoms with Crippen LogP contribution in [-0.4, -0.2) is 44.0 Å². The normalized spacial score (nSPS) is 18.2. The van der Waals surface area contributed by atoms with Crippen molar-refractivity contribution in [2.24, 2.45) is 0 Å². The highest BCUT2D eigenvalue weighted by molar-refractivity contribution is 6.74. The fourth-order valence-corrected chi connectivity index (χ4v) is 5.23. The van der Waals surface area contributed by atoms with Crippen LogP contribution in [0.4, 0.5) is 4.79 Å². The van der Waals surface area contributed by atoms with Crippen LogP contribution >= 0.6 is 0 Å². The van der Waals surface area contributed by atoms with Crippen molar-refractivity contribution >= 4 is 20.3 Å². The third-order valence-electron chi connectivity index (χ3n) is 7.16. The highest BCUT2D eigenvalue weighted by Gasteiger charge is 2.45. The minimum Gasteiger partial charge on any atom is -0.447 e. The Bertz CT molecular complexity index is 612. The molecule has 1 heterocycles. The predicted octanol–water partition coefficient (Wildman–Crippen LogP) is 8.00. The molecule has 0 saturated carbocycles. The Labute approximate surface area is 204 Å². The van der Waals surface area contributed by atoms with Crippen LogP contribution in [0.25, 0.3) is 0 Å². The van der Waals surface area contributed by atoms with Gasteiger partial charge in [-0.25, -0.2) is 9.69 Å². The third-order valence-corrected chi connectivity index (χ3v) is 11.6. The summed E-state index contributed by atoms with van der Waals surface area (Å²) < 4.78 is 11.9. The fourth-order valence-electron chi connectivity index (χ4n) is 3.96. The molecule has 192 valence electrons. The largest absolute Gasteiger partial charge is 0.447 e. The maximum Gasteiger partial charge on any atom is 0.417 e. The van der Waals surface area contributed by atoms with E-state index in [9.17, 15) is 9.59 Å². The molecule has 1 aliphatic heterocycles. The molecule has 0 aromatic heterocycles. The van der Waals surface area contributed by atoms with Crippen molar-refractivity contribution in [3.63, 3.8) is 0 Å². The summed E-state index contributed by atoms with van der Waals surface area (Å²) in [4.78, 5) is 25.4. The Morgan fingerprint density at radius 1 is 1.06 bits per heavy atom. The van der Waals surface area contributed by atoms with Gasteiger partial charge in [-0.05, 0) is 31.0 Å². The molecule has 0 radical (unpaired) electrons. The summed E-state index contributed by atoms with van der Waals surface area (Å²) in [6.45, 7) is 14.9. The number of nitrogens with zero attached hydrogens (tertiary/aromatic N) is 1. The van der Waals surface area contributed by atoms with Crippen molar-refractivity contribution in [2.45, 2.75) is 142 Å². The average molecular weight is 482 g/mol. The van der Waals surface area contributed by atoms with Gasteiger partial charge in [0.05, 0.1) is 6.10 Å². The summed E-state index contributed by atoms with van der Waals surface area (Å²) in [5.41, 5.74) is 0. The number of ether oxygens (including phenoxy) is 1. The first-order chi connectivity index (χ1) is 15.5. The standard InChI is InChI=1S/C27H51NO4Si/c1-8-9-10-11-12-13-14-15-16-17-18-19-20-21-25(32-33(6,7)27(3,4)5)24-22-31-26(30)28(24)23(2)29/h20-21,24-25H,8-19,22H2,1-7H3/t24-,25+/m0/s1. The Morgan fingerprint density at radius 3 is 2.06 bits per heavy atom. The maximum absolute atomic E-state index is 12.1. The number of allylic oxidation sites excluding steroid dienone is 1. The average Bonchev–Trinajstić information content (AvgIpc) is 3.11. The van der Waals surface area contributed by atoms with E-state index in [1.165, 1.54) is 76.0 Å². The van der Waals surface area contributed by atoms with Crippen LogP contribution < -0.4 is 0 Å². The fraction of sp³-hybridized carbons (Fsp3) is 0.852. The first-order valence-corrected chi connectivity index (χ1v) is 16.2. The van der Waals surface area contributed by atoms with Gasteiger partial charge in [0.25, 0.3) is 0 Å². The zero-order valence-corrected chi connectivity index (χ0v) is 23.6. The zero-order valence-electron chi connectivity index (χ0n) is 22.6. The van der Waals surface area contributed by atoms with Gasteiger partial charge in [-0.15, -0.1) is 0 Å². The van der Waals surface area contributed by atoms with E-state index in [1.807, 2.05) is 0 Å². The number of cyclic esters (lactones) is 1. The summed E-state index contributed by atoms with van der Waals surface area (Å²) in [6.07, 6.45) is 19.0. The molecule has 2 amide bonds. The second-order valence-corrected chi connectivity index (χ2v) is 15.9. The van der Waals surface area contributed by atoms with Gasteiger partial charge in [0, 0.05) is 6.92 Å². The second kappa shape index (κ2) is 15.0. The van der Waals surface area contributed by atoms with E-state index in [4.69, 9.17) is 9.16 Å². The van der Waals surface area contributed by atoms with E-state index in [1.54, 1.807) is 0 Å². The molecule has 6 heteroatoms. The molecule has 0 aromatic rings. The third kappa shape index (κ3) is 10.8. The van der Waals surface area contributed by atoms with E-state index in [2.05, 4.69) is 52.9 Å². The Balaban J connectivity index is 2.50. The van der Waals surface area contributed by atoms with E-state index in [-0.39, 0.29) is 23.7 Å². The van der Waals surface area contributed by atoms with Crippen molar-refractivity contribution in [3.05, 3.63) is 12.2 Å². The van der Waals surface area contributed by atoms with Crippen molar-refractivity contribution in [1.29, 1.82) is 0 Å². The number of unbranched alkanes of at least 4 members (excludes halogenated alkanes) is 11. The highest BCUT2D eigenvalue weighted by atomic mass is 28.4. The molecule has 5 nitrogen and oxygen atoms in total. The van der Waals surface area contributed by atoms with Gasteiger partial charge in [0.15, 0.2) is 8.32 Å². The molecule has 1 aliphatic rings. The summed E-state index contributed by atoms with van der Waals surface area (Å²) >= 11 is 0. The van der Waals surface area contributed by atoms with Crippen LogP contribution in [0.5, 0.6) is 0 Å². The van der Waals surface area contributed by atoms with E-state index < -0.39 is 20.5 Å². The molecule has 0 aliphatic carbocycles. The van der Waals surface area contributed by atoms with Crippen LogP contribution in [0, 0.1) is 0 Å². The molecule has 1 fully saturated rings. The number of carbonyl (C=O) groups excluding carboxylic acids is 2. The molecule has 1 saturated heterocycles. The number of carbonyl (C=O) groups is 2. The number of amides is 2. The molecule has 0 N–H and O–H groups in total. The molecule has 0 aromatic carbocycles. The van der Waals surface area contributed by atoms with Crippen LogP contribution in [0.15, 0.2) is 12.2 Å². The summed E-state index contributed by atoms with van der Waals surface area (Å²) in [7, 11) is -2.08. The van der Waals surface area contributed by atoms with Gasteiger partial charge in [-0.3, -0.25) is 4.79 Å². The second-order valence-electron chi connectivity index (χ2n) is 11.1. The Kier molecular flexibility index (Phi) is 13.6. The zero-order chi connectivity index (χ0) is 24.9. The lowest BCUT2D eigenvalue weighted by Gasteiger charge is -2.40. The monoisotopic (exact) mass is 481 g/mol. The topological polar surface area (TPSA) is 55.8 Å². The molecule has 33 heavy (non-hydrogen) atoms. The van der Waals surface area contributed by atoms with Crippen molar-refractivity contribution in [2.75, 3.05) is 6.61 Å². The predicted molar refractivity (Wildman–Crippen MR) is 140 cm³/mol. The number of hydrogen-bond donors (Lipinski definition) is 0. The first-order valence-electron chi connectivity index (χ1n) is 13.3. The number of rotatable bonds is 16. The molecular formula is C27H51NO4Si. The summed E-state index contributed by atoms with van der Waals surface area (Å²) in [5, 5.41) is 0.0413. The van der Waals surface area contributed by atoms with E-state index in [0.29, 0.717) is 0 Å². The maximum atomic E-state index is 12.1. The molecular weight excluding hydrogens is 430 g/mol. The quantitative estimate of drug-likeness (QED) is 0.127. The van der Waals surface area contributed by atoms with Crippen LogP contribution in [0.2, 0.25) is 18.1 Å². The minimum absolute atomic E-state index is 0.0413. The lowest BCUT2D eigenvalue weighted by atomic mass is 10.0. The SMILES string of the molecule is CCCCCCCCCCCCCC=C[C@@H](O[Si](C)(C)C(C)(C)C)[C@@H]1COC(=O)N1C(C)=O. The van der Waals surface area contributed by atoms with Gasteiger partial charge in [0.1, 0.15) is 12.6 Å². The number of imide groups is 1. The van der Waals surface area contributed by atoms with Gasteiger partial charge in [-0.1, -0.05) is 104 Å². The first kappa shape index (κ1) is 29.9. The van der Waals surface area contributed by atoms with Crippen LogP contribution in [0.1, 0.15) is 112 Å². The van der Waals surface area contributed by atoms with Crippen molar-refractivity contribution in [3.8, 4) is 0 Å². The van der Waals surface area contributed by atoms with E-state index in [0.717, 1.165) is 12.8 Å². The van der Waals surface area contributed by atoms with Crippen LogP contribution in [0.3, 0.4) is 0 Å². The molecule has 0 unspecified atom stereocenters. The van der Waals surface area contributed by atoms with E-state index >= 15 is 0 Å². The van der Waals surface area contributed by atoms with Crippen molar-refractivity contribution in [1.82, 2.24) is 4.90 Å². The molecule has 0 bridgehead atoms. The van der Waals surface area contributed by atoms with Crippen molar-refractivity contribution < 1.29 is 18.8 Å². The van der Waals surface area contributed by atoms with Gasteiger partial charge in [0.2, 0.25) is 5.91 Å². The van der Waals surface area contributed by atoms with Gasteiger partial charge in [-0.2, -0.15) is 0 Å². The molecule has 0 spiro atoms. The summed E-state index contributed by atoms with van der Waals surface area (Å²) in [6, 6.07) is -0.391. The van der Waals surface area contributed by atoms with Gasteiger partial charge >= 0.3 is 6.09 Å². The smallest absolute Gasteiger partial charge is 0.417 e. The molecule has 1 rings (SSSR count). The summed E-state index contributed by atoms with van der Waals surface area (Å²) in [5.74, 6) is -0.287. The Morgan fingerprint density at radius 2 is 1.58 bits per heavy atom. The van der Waals surface area contributed by atoms with Gasteiger partial charge < -0.3 is 9.16 Å². The lowest BCUT2D eigenvalue weighted by molar-refractivity contribution is -0.127. The molecule has 2 atom stereocenters. The number of hydrogen-bond acceptors (Lipinski definition) is 4.